The summed E-state index contributed by atoms with van der Waals surface area (Å²) in [5.41, 5.74) is 1.04. The molecule has 1 amide bonds. The molecule has 4 nitrogen and oxygen atoms in total. The molecule has 1 aliphatic rings. The molecule has 0 saturated heterocycles. The van der Waals surface area contributed by atoms with Crippen molar-refractivity contribution in [2.45, 2.75) is 25.8 Å². The minimum absolute atomic E-state index is 0.289. The first-order valence-corrected chi connectivity index (χ1v) is 8.99. The molecule has 0 aliphatic heterocycles. The fourth-order valence-electron chi connectivity index (χ4n) is 2.36. The first-order valence-electron chi connectivity index (χ1n) is 6.93. The molecule has 1 aromatic carbocycles. The van der Waals surface area contributed by atoms with E-state index < -0.39 is 15.6 Å². The smallest absolute Gasteiger partial charge is 0.238 e. The highest BCUT2D eigenvalue weighted by Gasteiger charge is 2.25. The van der Waals surface area contributed by atoms with Gasteiger partial charge in [0.1, 0.15) is 5.75 Å². The second-order valence-electron chi connectivity index (χ2n) is 5.63. The molecule has 1 aromatic rings. The molecular formula is C15H21NO3S. The third kappa shape index (κ3) is 4.63. The molecule has 5 heteroatoms. The van der Waals surface area contributed by atoms with Crippen LogP contribution in [0.5, 0.6) is 0 Å². The van der Waals surface area contributed by atoms with Crippen LogP contribution in [0.3, 0.4) is 0 Å². The van der Waals surface area contributed by atoms with Gasteiger partial charge in [0.2, 0.25) is 5.91 Å². The molecule has 20 heavy (non-hydrogen) atoms. The molecular weight excluding hydrogens is 274 g/mol. The highest BCUT2D eigenvalue weighted by Crippen LogP contribution is 2.27. The van der Waals surface area contributed by atoms with E-state index >= 15 is 0 Å². The van der Waals surface area contributed by atoms with Gasteiger partial charge in [-0.15, -0.1) is 0 Å². The molecule has 0 atom stereocenters. The summed E-state index contributed by atoms with van der Waals surface area (Å²) in [6, 6.07) is 9.71. The van der Waals surface area contributed by atoms with Crippen LogP contribution in [0.2, 0.25) is 0 Å². The largest absolute Gasteiger partial charge is 0.337 e. The fraction of sp³-hybridized carbons (Fsp3) is 0.533. The number of rotatable bonds is 6. The van der Waals surface area contributed by atoms with E-state index in [2.05, 4.69) is 0 Å². The van der Waals surface area contributed by atoms with Crippen LogP contribution in [0, 0.1) is 5.92 Å². The Labute approximate surface area is 120 Å². The Kier molecular flexibility index (Phi) is 4.81. The van der Waals surface area contributed by atoms with Crippen LogP contribution in [0.4, 0.5) is 0 Å². The molecule has 1 saturated carbocycles. The lowest BCUT2D eigenvalue weighted by molar-refractivity contribution is -0.130. The zero-order valence-corrected chi connectivity index (χ0v) is 12.6. The van der Waals surface area contributed by atoms with Crippen LogP contribution in [-0.2, 0) is 21.2 Å². The van der Waals surface area contributed by atoms with Gasteiger partial charge in [-0.05, 0) is 24.3 Å². The third-order valence-corrected chi connectivity index (χ3v) is 4.43. The number of hydrogen-bond donors (Lipinski definition) is 0. The highest BCUT2D eigenvalue weighted by molar-refractivity contribution is 7.91. The van der Waals surface area contributed by atoms with E-state index in [-0.39, 0.29) is 5.91 Å². The standard InChI is InChI=1S/C15H21NO3S/c1-20(18,19)12-15(17)16(11-14-8-5-9-14)10-13-6-3-2-4-7-13/h2-4,6-7,14H,5,8-12H2,1H3. The van der Waals surface area contributed by atoms with Crippen molar-refractivity contribution in [3.05, 3.63) is 35.9 Å². The first-order chi connectivity index (χ1) is 9.44. The average molecular weight is 295 g/mol. The average Bonchev–Trinajstić information content (AvgIpc) is 2.31. The second-order valence-corrected chi connectivity index (χ2v) is 7.77. The summed E-state index contributed by atoms with van der Waals surface area (Å²) in [4.78, 5) is 13.9. The predicted octanol–water partition coefficient (Wildman–Crippen LogP) is 1.86. The Morgan fingerprint density at radius 2 is 1.90 bits per heavy atom. The summed E-state index contributed by atoms with van der Waals surface area (Å²) in [5, 5.41) is 0. The zero-order valence-electron chi connectivity index (χ0n) is 11.8. The van der Waals surface area contributed by atoms with Crippen LogP contribution >= 0.6 is 0 Å². The SMILES string of the molecule is CS(=O)(=O)CC(=O)N(Cc1ccccc1)CC1CCC1. The van der Waals surface area contributed by atoms with E-state index in [9.17, 15) is 13.2 Å². The van der Waals surface area contributed by atoms with Crippen LogP contribution < -0.4 is 0 Å². The fourth-order valence-corrected chi connectivity index (χ4v) is 2.99. The molecule has 0 spiro atoms. The molecule has 2 rings (SSSR count). The molecule has 1 aliphatic carbocycles. The van der Waals surface area contributed by atoms with E-state index in [1.54, 1.807) is 4.90 Å². The van der Waals surface area contributed by atoms with Crippen LogP contribution in [0.1, 0.15) is 24.8 Å². The van der Waals surface area contributed by atoms with E-state index in [4.69, 9.17) is 0 Å². The van der Waals surface area contributed by atoms with Gasteiger partial charge < -0.3 is 4.90 Å². The monoisotopic (exact) mass is 295 g/mol. The maximum Gasteiger partial charge on any atom is 0.238 e. The molecule has 1 fully saturated rings. The maximum atomic E-state index is 12.2. The number of hydrogen-bond acceptors (Lipinski definition) is 3. The molecule has 0 heterocycles. The molecule has 0 bridgehead atoms. The number of nitrogens with zero attached hydrogens (tertiary/aromatic N) is 1. The van der Waals surface area contributed by atoms with Crippen molar-refractivity contribution in [3.63, 3.8) is 0 Å². The predicted molar refractivity (Wildman–Crippen MR) is 78.9 cm³/mol. The minimum atomic E-state index is -3.28. The van der Waals surface area contributed by atoms with Crippen LogP contribution in [0.15, 0.2) is 30.3 Å². The molecule has 0 radical (unpaired) electrons. The summed E-state index contributed by atoms with van der Waals surface area (Å²) in [6.07, 6.45) is 4.59. The van der Waals surface area contributed by atoms with E-state index in [1.165, 1.54) is 6.42 Å². The van der Waals surface area contributed by atoms with Gasteiger partial charge in [0.25, 0.3) is 0 Å². The summed E-state index contributed by atoms with van der Waals surface area (Å²) >= 11 is 0. The molecule has 0 unspecified atom stereocenters. The van der Waals surface area contributed by atoms with E-state index in [0.717, 1.165) is 24.7 Å². The number of amides is 1. The summed E-state index contributed by atoms with van der Waals surface area (Å²) in [7, 11) is -3.28. The number of sulfone groups is 1. The zero-order chi connectivity index (χ0) is 14.6. The molecule has 110 valence electrons. The Balaban J connectivity index is 2.05. The highest BCUT2D eigenvalue weighted by atomic mass is 32.2. The van der Waals surface area contributed by atoms with E-state index in [1.807, 2.05) is 30.3 Å². The van der Waals surface area contributed by atoms with Crippen molar-refractivity contribution in [2.24, 2.45) is 5.92 Å². The van der Waals surface area contributed by atoms with Gasteiger partial charge in [-0.3, -0.25) is 4.79 Å². The molecule has 0 N–H and O–H groups in total. The van der Waals surface area contributed by atoms with Gasteiger partial charge in [0.05, 0.1) is 0 Å². The molecule has 0 aromatic heterocycles. The van der Waals surface area contributed by atoms with Gasteiger partial charge in [-0.1, -0.05) is 36.8 Å². The van der Waals surface area contributed by atoms with Gasteiger partial charge in [-0.2, -0.15) is 0 Å². The van der Waals surface area contributed by atoms with Gasteiger partial charge in [0.15, 0.2) is 9.84 Å². The van der Waals surface area contributed by atoms with Crippen LogP contribution in [-0.4, -0.2) is 37.8 Å². The first kappa shape index (κ1) is 15.0. The van der Waals surface area contributed by atoms with Crippen molar-refractivity contribution >= 4 is 15.7 Å². The Morgan fingerprint density at radius 3 is 2.40 bits per heavy atom. The van der Waals surface area contributed by atoms with Crippen molar-refractivity contribution in [3.8, 4) is 0 Å². The summed E-state index contributed by atoms with van der Waals surface area (Å²) < 4.78 is 22.6. The van der Waals surface area contributed by atoms with Gasteiger partial charge in [-0.25, -0.2) is 8.42 Å². The van der Waals surface area contributed by atoms with Crippen molar-refractivity contribution < 1.29 is 13.2 Å². The third-order valence-electron chi connectivity index (χ3n) is 3.66. The van der Waals surface area contributed by atoms with Crippen molar-refractivity contribution in [1.82, 2.24) is 4.90 Å². The Hall–Kier alpha value is -1.36. The van der Waals surface area contributed by atoms with E-state index in [0.29, 0.717) is 19.0 Å². The van der Waals surface area contributed by atoms with Gasteiger partial charge >= 0.3 is 0 Å². The minimum Gasteiger partial charge on any atom is -0.337 e. The van der Waals surface area contributed by atoms with Crippen LogP contribution in [0.25, 0.3) is 0 Å². The lowest BCUT2D eigenvalue weighted by Gasteiger charge is -2.32. The lowest BCUT2D eigenvalue weighted by Crippen LogP contribution is -2.39. The van der Waals surface area contributed by atoms with Crippen molar-refractivity contribution in [2.75, 3.05) is 18.6 Å². The maximum absolute atomic E-state index is 12.2. The number of carbonyl (C=O) groups is 1. The second kappa shape index (κ2) is 6.39. The van der Waals surface area contributed by atoms with Gasteiger partial charge in [0, 0.05) is 19.3 Å². The number of carbonyl (C=O) groups excluding carboxylic acids is 1. The quantitative estimate of drug-likeness (QED) is 0.805. The number of benzene rings is 1. The van der Waals surface area contributed by atoms with Crippen molar-refractivity contribution in [1.29, 1.82) is 0 Å². The normalized spacial score (nSPS) is 15.7. The Bertz CT molecular complexity index is 550. The summed E-state index contributed by atoms with van der Waals surface area (Å²) in [5.74, 6) is -0.155. The lowest BCUT2D eigenvalue weighted by atomic mass is 9.85. The Morgan fingerprint density at radius 1 is 1.25 bits per heavy atom. The topological polar surface area (TPSA) is 54.5 Å². The summed E-state index contributed by atoms with van der Waals surface area (Å²) in [6.45, 7) is 1.16.